The van der Waals surface area contributed by atoms with Gasteiger partial charge < -0.3 is 10.4 Å². The molecular weight excluding hydrogens is 184 g/mol. The highest BCUT2D eigenvalue weighted by Crippen LogP contribution is 2.32. The fraction of sp³-hybridized carbons (Fsp3) is 0.222. The van der Waals surface area contributed by atoms with Crippen molar-refractivity contribution in [1.82, 2.24) is 4.98 Å². The summed E-state index contributed by atoms with van der Waals surface area (Å²) < 4.78 is 0. The number of carbonyl (C=O) groups excluding carboxylic acids is 1. The Morgan fingerprint density at radius 2 is 2.43 bits per heavy atom. The molecule has 2 N–H and O–H groups in total. The zero-order valence-corrected chi connectivity index (χ0v) is 7.23. The van der Waals surface area contributed by atoms with Gasteiger partial charge in [0.2, 0.25) is 5.91 Å². The Kier molecular flexibility index (Phi) is 1.92. The Bertz CT molecular complexity index is 403. The van der Waals surface area contributed by atoms with Crippen LogP contribution < -0.4 is 5.32 Å². The van der Waals surface area contributed by atoms with Crippen LogP contribution in [0, 0.1) is 0 Å². The molecule has 1 aliphatic rings. The summed E-state index contributed by atoms with van der Waals surface area (Å²) in [5.41, 5.74) is 1.14. The van der Waals surface area contributed by atoms with E-state index in [2.05, 4.69) is 10.3 Å². The van der Waals surface area contributed by atoms with E-state index in [0.29, 0.717) is 11.4 Å². The van der Waals surface area contributed by atoms with Crippen LogP contribution in [0.15, 0.2) is 18.3 Å². The Morgan fingerprint density at radius 3 is 3.14 bits per heavy atom. The molecule has 1 aromatic rings. The summed E-state index contributed by atoms with van der Waals surface area (Å²) in [5, 5.41) is 11.2. The first-order valence-corrected chi connectivity index (χ1v) is 4.16. The standard InChI is InChI=1S/C9H8N2O3/c12-7(13)4-5-8-6(11-9(5)14)2-1-3-10-8/h1-3,5H,4H2,(H,11,14)(H,12,13). The van der Waals surface area contributed by atoms with Crippen LogP contribution in [0.1, 0.15) is 18.0 Å². The number of anilines is 1. The monoisotopic (exact) mass is 192 g/mol. The van der Waals surface area contributed by atoms with Crippen molar-refractivity contribution >= 4 is 17.6 Å². The molecule has 1 aromatic heterocycles. The SMILES string of the molecule is O=C(O)CC1C(=O)Nc2cccnc21. The number of aromatic nitrogens is 1. The maximum Gasteiger partial charge on any atom is 0.304 e. The first-order valence-electron chi connectivity index (χ1n) is 4.16. The lowest BCUT2D eigenvalue weighted by molar-refractivity contribution is -0.138. The highest BCUT2D eigenvalue weighted by molar-refractivity contribution is 6.03. The maximum absolute atomic E-state index is 11.4. The number of hydrogen-bond donors (Lipinski definition) is 2. The number of nitrogens with zero attached hydrogens (tertiary/aromatic N) is 1. The predicted molar refractivity (Wildman–Crippen MR) is 47.9 cm³/mol. The van der Waals surface area contributed by atoms with E-state index in [0.717, 1.165) is 0 Å². The van der Waals surface area contributed by atoms with Gasteiger partial charge in [0, 0.05) is 6.20 Å². The van der Waals surface area contributed by atoms with Crippen molar-refractivity contribution in [3.8, 4) is 0 Å². The lowest BCUT2D eigenvalue weighted by atomic mass is 10.0. The molecular formula is C9H8N2O3. The van der Waals surface area contributed by atoms with Crippen LogP contribution in [0.2, 0.25) is 0 Å². The molecule has 0 radical (unpaired) electrons. The summed E-state index contributed by atoms with van der Waals surface area (Å²) in [7, 11) is 0. The van der Waals surface area contributed by atoms with Gasteiger partial charge in [0.15, 0.2) is 0 Å². The summed E-state index contributed by atoms with van der Waals surface area (Å²) in [4.78, 5) is 25.9. The number of fused-ring (bicyclic) bond motifs is 1. The predicted octanol–water partition coefficient (Wildman–Crippen LogP) is 0.592. The first kappa shape index (κ1) is 8.68. The van der Waals surface area contributed by atoms with Crippen LogP contribution in [0.4, 0.5) is 5.69 Å². The number of carboxylic acids is 1. The largest absolute Gasteiger partial charge is 0.481 e. The maximum atomic E-state index is 11.4. The van der Waals surface area contributed by atoms with Gasteiger partial charge in [-0.15, -0.1) is 0 Å². The zero-order valence-electron chi connectivity index (χ0n) is 7.23. The zero-order chi connectivity index (χ0) is 10.1. The Balaban J connectivity index is 2.34. The number of amides is 1. The lowest BCUT2D eigenvalue weighted by Crippen LogP contribution is -2.15. The molecule has 2 rings (SSSR count). The van der Waals surface area contributed by atoms with E-state index < -0.39 is 11.9 Å². The molecule has 1 atom stereocenters. The summed E-state index contributed by atoms with van der Waals surface area (Å²) in [6.07, 6.45) is 1.34. The average molecular weight is 192 g/mol. The van der Waals surface area contributed by atoms with E-state index in [1.165, 1.54) is 0 Å². The van der Waals surface area contributed by atoms with E-state index in [9.17, 15) is 9.59 Å². The van der Waals surface area contributed by atoms with Crippen LogP contribution in [-0.2, 0) is 9.59 Å². The Labute approximate surface area is 79.8 Å². The molecule has 5 heteroatoms. The van der Waals surface area contributed by atoms with Crippen molar-refractivity contribution in [2.24, 2.45) is 0 Å². The van der Waals surface area contributed by atoms with E-state index in [1.807, 2.05) is 0 Å². The van der Waals surface area contributed by atoms with Gasteiger partial charge in [-0.1, -0.05) is 0 Å². The van der Waals surface area contributed by atoms with Gasteiger partial charge >= 0.3 is 5.97 Å². The fourth-order valence-electron chi connectivity index (χ4n) is 1.51. The summed E-state index contributed by atoms with van der Waals surface area (Å²) in [5.74, 6) is -1.94. The minimum atomic E-state index is -0.997. The molecule has 0 saturated heterocycles. The van der Waals surface area contributed by atoms with E-state index in [4.69, 9.17) is 5.11 Å². The fourth-order valence-corrected chi connectivity index (χ4v) is 1.51. The second kappa shape index (κ2) is 3.10. The summed E-state index contributed by atoms with van der Waals surface area (Å²) in [6.45, 7) is 0. The van der Waals surface area contributed by atoms with Crippen LogP contribution in [0.5, 0.6) is 0 Å². The molecule has 0 aliphatic carbocycles. The molecule has 0 bridgehead atoms. The molecule has 1 aliphatic heterocycles. The Hall–Kier alpha value is -1.91. The molecule has 1 amide bonds. The minimum Gasteiger partial charge on any atom is -0.481 e. The number of rotatable bonds is 2. The summed E-state index contributed by atoms with van der Waals surface area (Å²) >= 11 is 0. The number of carboxylic acid groups (broad SMARTS) is 1. The normalized spacial score (nSPS) is 18.9. The van der Waals surface area contributed by atoms with Crippen molar-refractivity contribution in [3.05, 3.63) is 24.0 Å². The smallest absolute Gasteiger partial charge is 0.304 e. The van der Waals surface area contributed by atoms with Gasteiger partial charge in [-0.2, -0.15) is 0 Å². The van der Waals surface area contributed by atoms with Crippen molar-refractivity contribution in [2.75, 3.05) is 5.32 Å². The van der Waals surface area contributed by atoms with E-state index in [1.54, 1.807) is 18.3 Å². The van der Waals surface area contributed by atoms with Gasteiger partial charge in [0.1, 0.15) is 0 Å². The van der Waals surface area contributed by atoms with Crippen LogP contribution in [0.3, 0.4) is 0 Å². The highest BCUT2D eigenvalue weighted by atomic mass is 16.4. The van der Waals surface area contributed by atoms with Gasteiger partial charge in [0.25, 0.3) is 0 Å². The average Bonchev–Trinajstić information content (AvgIpc) is 2.43. The lowest BCUT2D eigenvalue weighted by Gasteiger charge is -2.02. The van der Waals surface area contributed by atoms with Gasteiger partial charge in [-0.3, -0.25) is 14.6 Å². The molecule has 1 unspecified atom stereocenters. The topological polar surface area (TPSA) is 79.3 Å². The third kappa shape index (κ3) is 1.32. The third-order valence-electron chi connectivity index (χ3n) is 2.12. The van der Waals surface area contributed by atoms with Crippen molar-refractivity contribution in [1.29, 1.82) is 0 Å². The van der Waals surface area contributed by atoms with E-state index >= 15 is 0 Å². The number of pyridine rings is 1. The molecule has 2 heterocycles. The second-order valence-electron chi connectivity index (χ2n) is 3.08. The van der Waals surface area contributed by atoms with Crippen LogP contribution >= 0.6 is 0 Å². The van der Waals surface area contributed by atoms with Gasteiger partial charge in [-0.05, 0) is 12.1 Å². The number of nitrogens with one attached hydrogen (secondary N) is 1. The van der Waals surface area contributed by atoms with Gasteiger partial charge in [-0.25, -0.2) is 0 Å². The van der Waals surface area contributed by atoms with Crippen molar-refractivity contribution < 1.29 is 14.7 Å². The molecule has 72 valence electrons. The first-order chi connectivity index (χ1) is 6.68. The third-order valence-corrected chi connectivity index (χ3v) is 2.12. The van der Waals surface area contributed by atoms with Crippen LogP contribution in [-0.4, -0.2) is 22.0 Å². The number of hydrogen-bond acceptors (Lipinski definition) is 3. The molecule has 0 saturated carbocycles. The molecule has 0 spiro atoms. The molecule has 5 nitrogen and oxygen atoms in total. The van der Waals surface area contributed by atoms with Crippen LogP contribution in [0.25, 0.3) is 0 Å². The van der Waals surface area contributed by atoms with Crippen molar-refractivity contribution in [2.45, 2.75) is 12.3 Å². The van der Waals surface area contributed by atoms with Gasteiger partial charge in [0.05, 0.1) is 23.7 Å². The molecule has 14 heavy (non-hydrogen) atoms. The molecule has 0 aromatic carbocycles. The van der Waals surface area contributed by atoms with E-state index in [-0.39, 0.29) is 12.3 Å². The summed E-state index contributed by atoms with van der Waals surface area (Å²) in [6, 6.07) is 3.41. The highest BCUT2D eigenvalue weighted by Gasteiger charge is 2.33. The second-order valence-corrected chi connectivity index (χ2v) is 3.08. The quantitative estimate of drug-likeness (QED) is 0.718. The Morgan fingerprint density at radius 1 is 1.64 bits per heavy atom. The minimum absolute atomic E-state index is 0.212. The number of aliphatic carboxylic acids is 1. The number of carbonyl (C=O) groups is 2. The van der Waals surface area contributed by atoms with Crippen molar-refractivity contribution in [3.63, 3.8) is 0 Å². The molecule has 0 fully saturated rings.